The fourth-order valence-corrected chi connectivity index (χ4v) is 2.17. The van der Waals surface area contributed by atoms with E-state index in [9.17, 15) is 4.79 Å². The van der Waals surface area contributed by atoms with Crippen LogP contribution in [-0.2, 0) is 6.54 Å². The second-order valence-electron chi connectivity index (χ2n) is 4.87. The second kappa shape index (κ2) is 6.24. The number of benzene rings is 2. The van der Waals surface area contributed by atoms with Crippen LogP contribution in [0, 0.1) is 6.92 Å². The first kappa shape index (κ1) is 14.1. The molecule has 0 fully saturated rings. The molecule has 0 saturated heterocycles. The van der Waals surface area contributed by atoms with Gasteiger partial charge in [0.25, 0.3) is 0 Å². The highest BCUT2D eigenvalue weighted by atomic mass is 16.5. The fourth-order valence-electron chi connectivity index (χ4n) is 2.17. The molecule has 2 rings (SSSR count). The van der Waals surface area contributed by atoms with E-state index in [4.69, 9.17) is 4.74 Å². The van der Waals surface area contributed by atoms with Gasteiger partial charge in [-0.1, -0.05) is 12.1 Å². The highest BCUT2D eigenvalue weighted by molar-refractivity contribution is 5.78. The van der Waals surface area contributed by atoms with Gasteiger partial charge in [-0.05, 0) is 48.4 Å². The maximum Gasteiger partial charge on any atom is 0.150 e. The predicted octanol–water partition coefficient (Wildman–Crippen LogP) is 3.45. The number of ether oxygens (including phenoxy) is 1. The van der Waals surface area contributed by atoms with E-state index >= 15 is 0 Å². The molecular formula is C17H19NO2. The smallest absolute Gasteiger partial charge is 0.150 e. The maximum atomic E-state index is 10.8. The molecule has 0 aliphatic rings. The van der Waals surface area contributed by atoms with Gasteiger partial charge in [0.05, 0.1) is 7.11 Å². The number of hydrogen-bond donors (Lipinski definition) is 0. The van der Waals surface area contributed by atoms with Gasteiger partial charge in [-0.15, -0.1) is 0 Å². The minimum Gasteiger partial charge on any atom is -0.497 e. The Kier molecular flexibility index (Phi) is 4.41. The van der Waals surface area contributed by atoms with Gasteiger partial charge in [-0.2, -0.15) is 0 Å². The molecule has 0 atom stereocenters. The molecule has 2 aromatic carbocycles. The van der Waals surface area contributed by atoms with Crippen LogP contribution in [0.2, 0.25) is 0 Å². The van der Waals surface area contributed by atoms with Crippen molar-refractivity contribution in [3.8, 4) is 5.75 Å². The van der Waals surface area contributed by atoms with Crippen LogP contribution in [0.5, 0.6) is 5.75 Å². The first-order chi connectivity index (χ1) is 9.63. The van der Waals surface area contributed by atoms with Crippen LogP contribution < -0.4 is 9.64 Å². The Labute approximate surface area is 119 Å². The fraction of sp³-hybridized carbons (Fsp3) is 0.235. The quantitative estimate of drug-likeness (QED) is 0.779. The summed E-state index contributed by atoms with van der Waals surface area (Å²) in [5, 5.41) is 0. The molecule has 0 N–H and O–H groups in total. The lowest BCUT2D eigenvalue weighted by molar-refractivity contribution is 0.112. The Morgan fingerprint density at radius 1 is 1.20 bits per heavy atom. The average molecular weight is 269 g/mol. The zero-order chi connectivity index (χ0) is 14.5. The molecule has 0 aliphatic carbocycles. The average Bonchev–Trinajstić information content (AvgIpc) is 2.47. The van der Waals surface area contributed by atoms with E-state index in [-0.39, 0.29) is 0 Å². The number of anilines is 1. The third-order valence-corrected chi connectivity index (χ3v) is 3.38. The first-order valence-electron chi connectivity index (χ1n) is 6.54. The number of hydrogen-bond acceptors (Lipinski definition) is 3. The Bertz CT molecular complexity index is 608. The van der Waals surface area contributed by atoms with Crippen molar-refractivity contribution < 1.29 is 9.53 Å². The van der Waals surface area contributed by atoms with E-state index in [1.165, 1.54) is 5.56 Å². The molecular weight excluding hydrogens is 250 g/mol. The lowest BCUT2D eigenvalue weighted by atomic mass is 10.1. The van der Waals surface area contributed by atoms with Crippen LogP contribution in [-0.4, -0.2) is 20.4 Å². The molecule has 20 heavy (non-hydrogen) atoms. The lowest BCUT2D eigenvalue weighted by Crippen LogP contribution is -2.16. The number of methoxy groups -OCH3 is 1. The summed E-state index contributed by atoms with van der Waals surface area (Å²) < 4.78 is 5.23. The number of carbonyl (C=O) groups is 1. The van der Waals surface area contributed by atoms with Crippen LogP contribution in [0.4, 0.5) is 5.69 Å². The van der Waals surface area contributed by atoms with Crippen LogP contribution in [0.1, 0.15) is 21.5 Å². The topological polar surface area (TPSA) is 29.5 Å². The van der Waals surface area contributed by atoms with E-state index < -0.39 is 0 Å². The van der Waals surface area contributed by atoms with Crippen molar-refractivity contribution in [2.75, 3.05) is 19.1 Å². The van der Waals surface area contributed by atoms with Crippen molar-refractivity contribution in [2.45, 2.75) is 13.5 Å². The number of rotatable bonds is 5. The zero-order valence-electron chi connectivity index (χ0n) is 12.1. The van der Waals surface area contributed by atoms with E-state index in [0.717, 1.165) is 35.4 Å². The molecule has 0 radical (unpaired) electrons. The molecule has 3 nitrogen and oxygen atoms in total. The van der Waals surface area contributed by atoms with Gasteiger partial charge in [0, 0.05) is 24.8 Å². The molecule has 104 valence electrons. The lowest BCUT2D eigenvalue weighted by Gasteiger charge is -2.20. The first-order valence-corrected chi connectivity index (χ1v) is 6.54. The Balaban J connectivity index is 2.16. The highest BCUT2D eigenvalue weighted by Crippen LogP contribution is 2.20. The summed E-state index contributed by atoms with van der Waals surface area (Å²) in [6, 6.07) is 13.9. The molecule has 0 unspecified atom stereocenters. The standard InChI is InChI=1S/C17H19NO2/c1-13-9-16(8-7-15(13)12-19)18(2)11-14-5-4-6-17(10-14)20-3/h4-10,12H,11H2,1-3H3. The van der Waals surface area contributed by atoms with Gasteiger partial charge in [-0.25, -0.2) is 0 Å². The number of nitrogens with zero attached hydrogens (tertiary/aromatic N) is 1. The van der Waals surface area contributed by atoms with Gasteiger partial charge >= 0.3 is 0 Å². The van der Waals surface area contributed by atoms with Crippen molar-refractivity contribution in [3.63, 3.8) is 0 Å². The van der Waals surface area contributed by atoms with E-state index in [0.29, 0.717) is 0 Å². The predicted molar refractivity (Wildman–Crippen MR) is 81.7 cm³/mol. The second-order valence-corrected chi connectivity index (χ2v) is 4.87. The summed E-state index contributed by atoms with van der Waals surface area (Å²) in [6.45, 7) is 2.74. The summed E-state index contributed by atoms with van der Waals surface area (Å²) in [4.78, 5) is 13.0. The van der Waals surface area contributed by atoms with Gasteiger partial charge in [-0.3, -0.25) is 4.79 Å². The van der Waals surface area contributed by atoms with Gasteiger partial charge < -0.3 is 9.64 Å². The number of aryl methyl sites for hydroxylation is 1. The van der Waals surface area contributed by atoms with Crippen molar-refractivity contribution in [1.29, 1.82) is 0 Å². The van der Waals surface area contributed by atoms with E-state index in [1.54, 1.807) is 7.11 Å². The molecule has 0 heterocycles. The summed E-state index contributed by atoms with van der Waals surface area (Å²) in [5.41, 5.74) is 4.01. The van der Waals surface area contributed by atoms with Crippen molar-refractivity contribution in [2.24, 2.45) is 0 Å². The summed E-state index contributed by atoms with van der Waals surface area (Å²) in [6.07, 6.45) is 0.890. The van der Waals surface area contributed by atoms with Crippen LogP contribution >= 0.6 is 0 Å². The van der Waals surface area contributed by atoms with Crippen molar-refractivity contribution >= 4 is 12.0 Å². The molecule has 3 heteroatoms. The van der Waals surface area contributed by atoms with E-state index in [1.807, 2.05) is 50.4 Å². The number of carbonyl (C=O) groups excluding carboxylic acids is 1. The highest BCUT2D eigenvalue weighted by Gasteiger charge is 2.05. The third kappa shape index (κ3) is 3.18. The molecule has 0 saturated carbocycles. The minimum absolute atomic E-state index is 0.739. The summed E-state index contributed by atoms with van der Waals surface area (Å²) >= 11 is 0. The van der Waals surface area contributed by atoms with E-state index in [2.05, 4.69) is 11.0 Å². The van der Waals surface area contributed by atoms with Gasteiger partial charge in [0.1, 0.15) is 12.0 Å². The van der Waals surface area contributed by atoms with Crippen LogP contribution in [0.25, 0.3) is 0 Å². The van der Waals surface area contributed by atoms with Crippen molar-refractivity contribution in [3.05, 3.63) is 59.2 Å². The van der Waals surface area contributed by atoms with Crippen LogP contribution in [0.15, 0.2) is 42.5 Å². The minimum atomic E-state index is 0.739. The molecule has 0 spiro atoms. The normalized spacial score (nSPS) is 10.2. The molecule has 0 bridgehead atoms. The molecule has 2 aromatic rings. The number of aldehydes is 1. The zero-order valence-corrected chi connectivity index (χ0v) is 12.1. The third-order valence-electron chi connectivity index (χ3n) is 3.38. The SMILES string of the molecule is COc1cccc(CN(C)c2ccc(C=O)c(C)c2)c1. The molecule has 0 amide bonds. The Hall–Kier alpha value is -2.29. The van der Waals surface area contributed by atoms with Crippen LogP contribution in [0.3, 0.4) is 0 Å². The Morgan fingerprint density at radius 2 is 2.00 bits per heavy atom. The Morgan fingerprint density at radius 3 is 2.65 bits per heavy atom. The maximum absolute atomic E-state index is 10.8. The molecule has 0 aromatic heterocycles. The monoisotopic (exact) mass is 269 g/mol. The largest absolute Gasteiger partial charge is 0.497 e. The summed E-state index contributed by atoms with van der Waals surface area (Å²) in [5.74, 6) is 0.864. The molecule has 0 aliphatic heterocycles. The summed E-state index contributed by atoms with van der Waals surface area (Å²) in [7, 11) is 3.71. The van der Waals surface area contributed by atoms with Gasteiger partial charge in [0.15, 0.2) is 0 Å². The van der Waals surface area contributed by atoms with Crippen molar-refractivity contribution in [1.82, 2.24) is 0 Å². The van der Waals surface area contributed by atoms with Gasteiger partial charge in [0.2, 0.25) is 0 Å².